The Morgan fingerprint density at radius 3 is 2.43 bits per heavy atom. The minimum atomic E-state index is -3.48. The molecule has 0 aromatic carbocycles. The van der Waals surface area contributed by atoms with E-state index in [1.54, 1.807) is 6.92 Å². The highest BCUT2D eigenvalue weighted by atomic mass is 32.2. The lowest BCUT2D eigenvalue weighted by atomic mass is 10.4. The maximum atomic E-state index is 11.5. The lowest BCUT2D eigenvalue weighted by Gasteiger charge is -2.16. The monoisotopic (exact) mass is 240 g/mol. The molecule has 0 aromatic heterocycles. The molecule has 2 atom stereocenters. The summed E-state index contributed by atoms with van der Waals surface area (Å²) >= 11 is 4.61. The van der Waals surface area contributed by atoms with E-state index in [4.69, 9.17) is 10.5 Å². The Hall–Kier alpha value is -0.240. The third kappa shape index (κ3) is 4.32. The second kappa shape index (κ2) is 5.59. The lowest BCUT2D eigenvalue weighted by Crippen LogP contribution is -2.44. The normalized spacial score (nSPS) is 16.2. The van der Waals surface area contributed by atoms with E-state index in [2.05, 4.69) is 16.9 Å². The molecule has 0 saturated heterocycles. The van der Waals surface area contributed by atoms with Crippen molar-refractivity contribution in [2.24, 2.45) is 5.73 Å². The molecule has 7 heteroatoms. The molecule has 0 bridgehead atoms. The van der Waals surface area contributed by atoms with E-state index in [9.17, 15) is 8.42 Å². The second-order valence-corrected chi connectivity index (χ2v) is 5.57. The van der Waals surface area contributed by atoms with Crippen LogP contribution in [-0.4, -0.2) is 38.4 Å². The molecule has 2 unspecified atom stereocenters. The maximum Gasteiger partial charge on any atom is 0.221 e. The van der Waals surface area contributed by atoms with Gasteiger partial charge in [0.1, 0.15) is 5.25 Å². The first-order chi connectivity index (χ1) is 6.31. The number of sulfonamides is 1. The van der Waals surface area contributed by atoms with Gasteiger partial charge in [0.15, 0.2) is 0 Å². The fourth-order valence-electron chi connectivity index (χ4n) is 0.819. The van der Waals surface area contributed by atoms with Crippen molar-refractivity contribution < 1.29 is 13.2 Å². The smallest absolute Gasteiger partial charge is 0.221 e. The molecule has 14 heavy (non-hydrogen) atoms. The molecule has 0 spiro atoms. The van der Waals surface area contributed by atoms with Crippen LogP contribution in [0.15, 0.2) is 0 Å². The van der Waals surface area contributed by atoms with Gasteiger partial charge in [-0.3, -0.25) is 0 Å². The van der Waals surface area contributed by atoms with Crippen LogP contribution < -0.4 is 10.5 Å². The highest BCUT2D eigenvalue weighted by Gasteiger charge is 2.24. The molecule has 0 fully saturated rings. The molecule has 3 N–H and O–H groups in total. The summed E-state index contributed by atoms with van der Waals surface area (Å²) in [6.45, 7) is 3.46. The van der Waals surface area contributed by atoms with Crippen molar-refractivity contribution in [2.45, 2.75) is 25.1 Å². The van der Waals surface area contributed by atoms with E-state index in [0.717, 1.165) is 0 Å². The SMILES string of the molecule is COCC(C)NS(=O)(=O)C(C)C(N)=S. The van der Waals surface area contributed by atoms with Gasteiger partial charge >= 0.3 is 0 Å². The van der Waals surface area contributed by atoms with Gasteiger partial charge in [0.05, 0.1) is 11.6 Å². The van der Waals surface area contributed by atoms with Crippen LogP contribution in [0.1, 0.15) is 13.8 Å². The number of hydrogen-bond acceptors (Lipinski definition) is 4. The van der Waals surface area contributed by atoms with Crippen molar-refractivity contribution in [1.29, 1.82) is 0 Å². The fourth-order valence-corrected chi connectivity index (χ4v) is 2.34. The lowest BCUT2D eigenvalue weighted by molar-refractivity contribution is 0.180. The fraction of sp³-hybridized carbons (Fsp3) is 0.857. The summed E-state index contributed by atoms with van der Waals surface area (Å²) in [5, 5.41) is -0.864. The third-order valence-electron chi connectivity index (χ3n) is 1.65. The van der Waals surface area contributed by atoms with Gasteiger partial charge in [-0.05, 0) is 13.8 Å². The van der Waals surface area contributed by atoms with Gasteiger partial charge in [-0.1, -0.05) is 12.2 Å². The maximum absolute atomic E-state index is 11.5. The van der Waals surface area contributed by atoms with Crippen molar-refractivity contribution >= 4 is 27.2 Å². The number of nitrogens with two attached hydrogens (primary N) is 1. The van der Waals surface area contributed by atoms with Crippen LogP contribution in [0.3, 0.4) is 0 Å². The van der Waals surface area contributed by atoms with Crippen LogP contribution in [0.25, 0.3) is 0 Å². The van der Waals surface area contributed by atoms with Crippen LogP contribution in [0.5, 0.6) is 0 Å². The Kier molecular flexibility index (Phi) is 5.50. The van der Waals surface area contributed by atoms with Gasteiger partial charge in [-0.15, -0.1) is 0 Å². The molecule has 0 aliphatic carbocycles. The molecular weight excluding hydrogens is 224 g/mol. The van der Waals surface area contributed by atoms with Gasteiger partial charge in [0, 0.05) is 13.2 Å². The Labute approximate surface area is 90.1 Å². The van der Waals surface area contributed by atoms with Gasteiger partial charge in [0.25, 0.3) is 0 Å². The molecule has 0 saturated carbocycles. The molecule has 0 rings (SSSR count). The van der Waals surface area contributed by atoms with E-state index < -0.39 is 15.3 Å². The van der Waals surface area contributed by atoms with Gasteiger partial charge < -0.3 is 10.5 Å². The summed E-state index contributed by atoms with van der Waals surface area (Å²) in [6.07, 6.45) is 0. The topological polar surface area (TPSA) is 81.4 Å². The molecule has 5 nitrogen and oxygen atoms in total. The van der Waals surface area contributed by atoms with Gasteiger partial charge in [-0.25, -0.2) is 13.1 Å². The average molecular weight is 240 g/mol. The highest BCUT2D eigenvalue weighted by Crippen LogP contribution is 2.00. The van der Waals surface area contributed by atoms with Crippen molar-refractivity contribution in [3.63, 3.8) is 0 Å². The zero-order valence-electron chi connectivity index (χ0n) is 8.48. The molecule has 84 valence electrons. The number of thiocarbonyl (C=S) groups is 1. The first-order valence-corrected chi connectivity index (χ1v) is 6.06. The summed E-state index contributed by atoms with van der Waals surface area (Å²) in [5.41, 5.74) is 5.25. The summed E-state index contributed by atoms with van der Waals surface area (Å²) in [6, 6.07) is -0.290. The summed E-state index contributed by atoms with van der Waals surface area (Å²) in [7, 11) is -1.98. The second-order valence-electron chi connectivity index (χ2n) is 3.06. The molecule has 0 amide bonds. The van der Waals surface area contributed by atoms with Crippen LogP contribution >= 0.6 is 12.2 Å². The van der Waals surface area contributed by atoms with Gasteiger partial charge in [0.2, 0.25) is 10.0 Å². The Bertz CT molecular complexity index is 289. The molecule has 0 aromatic rings. The quantitative estimate of drug-likeness (QED) is 0.618. The standard InChI is InChI=1S/C7H16N2O3S2/c1-5(4-12-3)9-14(10,11)6(2)7(8)13/h5-6,9H,4H2,1-3H3,(H2,8,13). The van der Waals surface area contributed by atoms with Crippen LogP contribution in [0, 0.1) is 0 Å². The predicted molar refractivity (Wildman–Crippen MR) is 59.6 cm³/mol. The molecule has 0 aliphatic heterocycles. The molecular formula is C7H16N2O3S2. The average Bonchev–Trinajstić information content (AvgIpc) is 2.02. The number of rotatable bonds is 6. The number of nitrogens with one attached hydrogen (secondary N) is 1. The largest absolute Gasteiger partial charge is 0.392 e. The minimum Gasteiger partial charge on any atom is -0.392 e. The van der Waals surface area contributed by atoms with Crippen LogP contribution in [0.2, 0.25) is 0 Å². The summed E-state index contributed by atoms with van der Waals surface area (Å²) in [4.78, 5) is -0.0397. The third-order valence-corrected chi connectivity index (χ3v) is 4.07. The first kappa shape index (κ1) is 13.8. The Balaban J connectivity index is 4.42. The summed E-state index contributed by atoms with van der Waals surface area (Å²) < 4.78 is 30.3. The number of methoxy groups -OCH3 is 1. The Morgan fingerprint density at radius 2 is 2.07 bits per heavy atom. The zero-order chi connectivity index (χ0) is 11.4. The van der Waals surface area contributed by atoms with Crippen molar-refractivity contribution in [1.82, 2.24) is 4.72 Å². The van der Waals surface area contributed by atoms with Crippen molar-refractivity contribution in [3.05, 3.63) is 0 Å². The number of hydrogen-bond donors (Lipinski definition) is 2. The van der Waals surface area contributed by atoms with Crippen molar-refractivity contribution in [3.8, 4) is 0 Å². The molecule has 0 aliphatic rings. The Morgan fingerprint density at radius 1 is 1.57 bits per heavy atom. The highest BCUT2D eigenvalue weighted by molar-refractivity contribution is 7.93. The molecule has 0 radical (unpaired) electrons. The van der Waals surface area contributed by atoms with Gasteiger partial charge in [-0.2, -0.15) is 0 Å². The number of ether oxygens (including phenoxy) is 1. The van der Waals surface area contributed by atoms with E-state index in [1.807, 2.05) is 0 Å². The van der Waals surface area contributed by atoms with E-state index in [0.29, 0.717) is 6.61 Å². The van der Waals surface area contributed by atoms with E-state index in [1.165, 1.54) is 14.0 Å². The van der Waals surface area contributed by atoms with E-state index >= 15 is 0 Å². The molecule has 0 heterocycles. The van der Waals surface area contributed by atoms with E-state index in [-0.39, 0.29) is 11.0 Å². The zero-order valence-corrected chi connectivity index (χ0v) is 10.1. The van der Waals surface area contributed by atoms with Crippen LogP contribution in [-0.2, 0) is 14.8 Å². The first-order valence-electron chi connectivity index (χ1n) is 4.10. The summed E-state index contributed by atoms with van der Waals surface area (Å²) in [5.74, 6) is 0. The predicted octanol–water partition coefficient (Wildman–Crippen LogP) is -0.385. The minimum absolute atomic E-state index is 0.0397. The van der Waals surface area contributed by atoms with Crippen LogP contribution in [0.4, 0.5) is 0 Å². The van der Waals surface area contributed by atoms with Crippen molar-refractivity contribution in [2.75, 3.05) is 13.7 Å².